The molecule has 5 nitrogen and oxygen atoms in total. The van der Waals surface area contributed by atoms with Crippen LogP contribution in [-0.4, -0.2) is 18.9 Å². The fourth-order valence-corrected chi connectivity index (χ4v) is 1.84. The van der Waals surface area contributed by atoms with Crippen LogP contribution in [0.5, 0.6) is 0 Å². The second kappa shape index (κ2) is 6.12. The summed E-state index contributed by atoms with van der Waals surface area (Å²) in [6.07, 6.45) is 1.06. The van der Waals surface area contributed by atoms with Gasteiger partial charge in [-0.3, -0.25) is 9.35 Å². The van der Waals surface area contributed by atoms with Gasteiger partial charge in [0, 0.05) is 0 Å². The van der Waals surface area contributed by atoms with Crippen molar-refractivity contribution in [2.45, 2.75) is 4.90 Å². The third kappa shape index (κ3) is 4.53. The summed E-state index contributed by atoms with van der Waals surface area (Å²) in [7, 11) is -4.09. The molecular formula is C13H13NO4S. The molecule has 0 heterocycles. The third-order valence-corrected chi connectivity index (χ3v) is 3.07. The highest BCUT2D eigenvalue weighted by Gasteiger charge is 2.08. The van der Waals surface area contributed by atoms with E-state index in [0.29, 0.717) is 0 Å². The molecule has 0 atom stereocenters. The van der Waals surface area contributed by atoms with E-state index < -0.39 is 16.0 Å². The van der Waals surface area contributed by atoms with Crippen molar-refractivity contribution in [2.75, 3.05) is 0 Å². The molecule has 100 valence electrons. The van der Waals surface area contributed by atoms with Gasteiger partial charge >= 0.3 is 0 Å². The molecule has 0 aliphatic rings. The predicted octanol–water partition coefficient (Wildman–Crippen LogP) is 1.74. The van der Waals surface area contributed by atoms with Crippen LogP contribution in [-0.2, 0) is 14.9 Å². The predicted molar refractivity (Wildman–Crippen MR) is 73.2 cm³/mol. The molecule has 2 rings (SSSR count). The Bertz CT molecular complexity index is 707. The Hall–Kier alpha value is -2.18. The average molecular weight is 279 g/mol. The van der Waals surface area contributed by atoms with Gasteiger partial charge < -0.3 is 5.73 Å². The zero-order valence-electron chi connectivity index (χ0n) is 9.98. The van der Waals surface area contributed by atoms with Crippen LogP contribution in [0.15, 0.2) is 60.0 Å². The van der Waals surface area contributed by atoms with Crippen molar-refractivity contribution < 1.29 is 17.8 Å². The molecule has 0 bridgehead atoms. The number of benzene rings is 2. The summed E-state index contributed by atoms with van der Waals surface area (Å²) in [6, 6.07) is 11.9. The zero-order chi connectivity index (χ0) is 14.5. The quantitative estimate of drug-likeness (QED) is 0.646. The molecule has 3 N–H and O–H groups in total. The minimum Gasteiger partial charge on any atom is -0.366 e. The minimum atomic E-state index is -4.09. The number of hydrogen-bond donors (Lipinski definition) is 2. The molecule has 0 saturated heterocycles. The molecule has 1 amide bonds. The highest BCUT2D eigenvalue weighted by Crippen LogP contribution is 2.18. The van der Waals surface area contributed by atoms with Gasteiger partial charge in [-0.05, 0) is 29.0 Å². The topological polar surface area (TPSA) is 97.5 Å². The lowest BCUT2D eigenvalue weighted by Crippen LogP contribution is -2.04. The van der Waals surface area contributed by atoms with Crippen molar-refractivity contribution in [3.63, 3.8) is 0 Å². The van der Waals surface area contributed by atoms with Crippen LogP contribution in [0.3, 0.4) is 0 Å². The molecular weight excluding hydrogens is 266 g/mol. The molecule has 0 unspecified atom stereocenters. The number of carbonyl (C=O) groups is 1. The highest BCUT2D eigenvalue weighted by atomic mass is 32.2. The Morgan fingerprint density at radius 2 is 1.68 bits per heavy atom. The maximum absolute atomic E-state index is 10.8. The second-order valence-electron chi connectivity index (χ2n) is 3.59. The third-order valence-electron chi connectivity index (χ3n) is 2.22. The second-order valence-corrected chi connectivity index (χ2v) is 5.01. The lowest BCUT2D eigenvalue weighted by atomic mass is 10.1. The molecule has 0 aliphatic carbocycles. The summed E-state index contributed by atoms with van der Waals surface area (Å²) in [6.45, 7) is 3.09. The number of carbonyl (C=O) groups excluding carboxylic acids is 1. The lowest BCUT2D eigenvalue weighted by Gasteiger charge is -1.99. The first-order valence-electron chi connectivity index (χ1n) is 5.23. The van der Waals surface area contributed by atoms with Gasteiger partial charge in [-0.1, -0.05) is 36.9 Å². The van der Waals surface area contributed by atoms with Gasteiger partial charge in [0.15, 0.2) is 0 Å². The van der Waals surface area contributed by atoms with Crippen molar-refractivity contribution in [3.05, 3.63) is 55.1 Å². The molecule has 2 aromatic rings. The Morgan fingerprint density at radius 1 is 1.16 bits per heavy atom. The molecule has 0 spiro atoms. The molecule has 6 heteroatoms. The van der Waals surface area contributed by atoms with Gasteiger partial charge in [-0.25, -0.2) is 0 Å². The molecule has 0 radical (unpaired) electrons. The first-order chi connectivity index (χ1) is 8.84. The van der Waals surface area contributed by atoms with Crippen LogP contribution in [0.2, 0.25) is 0 Å². The van der Waals surface area contributed by atoms with E-state index in [0.717, 1.165) is 16.8 Å². The lowest BCUT2D eigenvalue weighted by molar-refractivity contribution is -0.113. The number of rotatable bonds is 2. The van der Waals surface area contributed by atoms with Gasteiger partial charge in [0.1, 0.15) is 0 Å². The summed E-state index contributed by atoms with van der Waals surface area (Å²) < 4.78 is 30.5. The summed E-state index contributed by atoms with van der Waals surface area (Å²) >= 11 is 0. The molecule has 19 heavy (non-hydrogen) atoms. The van der Waals surface area contributed by atoms with Gasteiger partial charge in [-0.2, -0.15) is 8.42 Å². The Kier molecular flexibility index (Phi) is 4.80. The molecule has 2 aromatic carbocycles. The highest BCUT2D eigenvalue weighted by molar-refractivity contribution is 7.85. The molecule has 0 aromatic heterocycles. The van der Waals surface area contributed by atoms with E-state index in [2.05, 4.69) is 12.3 Å². The van der Waals surface area contributed by atoms with Crippen molar-refractivity contribution in [1.82, 2.24) is 0 Å². The van der Waals surface area contributed by atoms with Gasteiger partial charge in [-0.15, -0.1) is 0 Å². The standard InChI is InChI=1S/C10H8O3S.C3H5NO/c11-14(12,13)10-6-5-8-3-1-2-4-9(8)7-10;1-2-3(4)5/h1-7H,(H,11,12,13);2H,1H2,(H2,4,5). The van der Waals surface area contributed by atoms with E-state index in [1.54, 1.807) is 12.1 Å². The number of primary amides is 1. The van der Waals surface area contributed by atoms with Crippen molar-refractivity contribution in [1.29, 1.82) is 0 Å². The minimum absolute atomic E-state index is 0.0730. The summed E-state index contributed by atoms with van der Waals surface area (Å²) in [5.41, 5.74) is 4.53. The van der Waals surface area contributed by atoms with Crippen molar-refractivity contribution in [2.24, 2.45) is 5.73 Å². The van der Waals surface area contributed by atoms with Crippen LogP contribution in [0.4, 0.5) is 0 Å². The summed E-state index contributed by atoms with van der Waals surface area (Å²) in [5.74, 6) is -0.481. The first-order valence-corrected chi connectivity index (χ1v) is 6.67. The maximum atomic E-state index is 10.8. The van der Waals surface area contributed by atoms with Gasteiger partial charge in [0.25, 0.3) is 10.1 Å². The summed E-state index contributed by atoms with van der Waals surface area (Å²) in [5, 5.41) is 1.74. The number of amides is 1. The Balaban J connectivity index is 0.000000312. The van der Waals surface area contributed by atoms with E-state index in [1.165, 1.54) is 12.1 Å². The van der Waals surface area contributed by atoms with E-state index in [4.69, 9.17) is 4.55 Å². The van der Waals surface area contributed by atoms with E-state index in [1.807, 2.05) is 18.2 Å². The zero-order valence-corrected chi connectivity index (χ0v) is 10.8. The Morgan fingerprint density at radius 3 is 2.16 bits per heavy atom. The Labute approximate surface area is 111 Å². The molecule has 0 aliphatic heterocycles. The number of hydrogen-bond acceptors (Lipinski definition) is 3. The van der Waals surface area contributed by atoms with Gasteiger partial charge in [0.05, 0.1) is 4.90 Å². The fraction of sp³-hybridized carbons (Fsp3) is 0. The molecule has 0 saturated carbocycles. The normalized spacial score (nSPS) is 10.4. The number of nitrogens with two attached hydrogens (primary N) is 1. The van der Waals surface area contributed by atoms with Crippen LogP contribution >= 0.6 is 0 Å². The number of fused-ring (bicyclic) bond motifs is 1. The largest absolute Gasteiger partial charge is 0.366 e. The van der Waals surface area contributed by atoms with Crippen LogP contribution in [0.25, 0.3) is 10.8 Å². The average Bonchev–Trinajstić information content (AvgIpc) is 2.38. The van der Waals surface area contributed by atoms with E-state index in [-0.39, 0.29) is 4.90 Å². The van der Waals surface area contributed by atoms with Crippen molar-refractivity contribution >= 4 is 26.8 Å². The van der Waals surface area contributed by atoms with E-state index >= 15 is 0 Å². The summed E-state index contributed by atoms with van der Waals surface area (Å²) in [4.78, 5) is 9.40. The van der Waals surface area contributed by atoms with E-state index in [9.17, 15) is 13.2 Å². The van der Waals surface area contributed by atoms with Crippen LogP contribution in [0.1, 0.15) is 0 Å². The van der Waals surface area contributed by atoms with Crippen LogP contribution < -0.4 is 5.73 Å². The van der Waals surface area contributed by atoms with Crippen molar-refractivity contribution in [3.8, 4) is 0 Å². The van der Waals surface area contributed by atoms with Gasteiger partial charge in [0.2, 0.25) is 5.91 Å². The SMILES string of the molecule is C=CC(N)=O.O=S(=O)(O)c1ccc2ccccc2c1. The first kappa shape index (κ1) is 14.9. The fourth-order valence-electron chi connectivity index (χ4n) is 1.33. The van der Waals surface area contributed by atoms with Crippen LogP contribution in [0, 0.1) is 0 Å². The molecule has 0 fully saturated rings. The maximum Gasteiger partial charge on any atom is 0.294 e. The monoisotopic (exact) mass is 279 g/mol. The smallest absolute Gasteiger partial charge is 0.294 e.